The fourth-order valence-electron chi connectivity index (χ4n) is 4.02. The van der Waals surface area contributed by atoms with E-state index in [9.17, 15) is 9.65 Å². The molecule has 5 nitrogen and oxygen atoms in total. The van der Waals surface area contributed by atoms with Gasteiger partial charge in [0.1, 0.15) is 16.9 Å². The lowest BCUT2D eigenvalue weighted by Gasteiger charge is -2.10. The molecule has 196 valence electrons. The Morgan fingerprint density at radius 3 is 2.68 bits per heavy atom. The lowest BCUT2D eigenvalue weighted by atomic mass is 9.97. The summed E-state index contributed by atoms with van der Waals surface area (Å²) in [5, 5.41) is 21.2. The number of aromatic nitrogens is 2. The molecule has 0 radical (unpaired) electrons. The van der Waals surface area contributed by atoms with Crippen LogP contribution in [0.3, 0.4) is 0 Å². The number of thiophene rings is 1. The molecule has 7 heteroatoms. The molecule has 2 aromatic heterocycles. The molecule has 0 bridgehead atoms. The van der Waals surface area contributed by atoms with Crippen LogP contribution in [0, 0.1) is 34.9 Å². The third kappa shape index (κ3) is 7.71. The van der Waals surface area contributed by atoms with Crippen LogP contribution in [0.5, 0.6) is 0 Å². The maximum absolute atomic E-state index is 14.2. The Hall–Kier alpha value is -4.07. The predicted molar refractivity (Wildman–Crippen MR) is 156 cm³/mol. The monoisotopic (exact) mass is 527 g/mol. The molecule has 0 aliphatic carbocycles. The number of nitriles is 1. The average Bonchev–Trinajstić information content (AvgIpc) is 3.52. The number of rotatable bonds is 13. The van der Waals surface area contributed by atoms with Crippen LogP contribution in [0.15, 0.2) is 73.7 Å². The molecule has 1 atom stereocenters. The zero-order valence-corrected chi connectivity index (χ0v) is 22.9. The van der Waals surface area contributed by atoms with Gasteiger partial charge in [-0.25, -0.2) is 4.39 Å². The number of allylic oxidation sites excluding steroid dienone is 1. The van der Waals surface area contributed by atoms with E-state index in [0.29, 0.717) is 35.8 Å². The standard InChI is InChI=1S/C31H34FN5S/c1-6-26-28(20-33)31(36-25(5)27-14-9-10-15-29(27)32)38-30(26)19-22(2)13-8-7-11-16-34-24(4)23(3)21-37-18-12-17-35-37/h9-10,12,14-15,17-18,22,34,36H,3-6,8,13,16,19,21H2,1-2H3. The smallest absolute Gasteiger partial charge is 0.132 e. The van der Waals surface area contributed by atoms with Crippen molar-refractivity contribution in [1.29, 1.82) is 5.26 Å². The second-order valence-corrected chi connectivity index (χ2v) is 10.2. The number of hydrogen-bond donors (Lipinski definition) is 2. The van der Waals surface area contributed by atoms with Gasteiger partial charge in [0.25, 0.3) is 0 Å². The summed E-state index contributed by atoms with van der Waals surface area (Å²) in [7, 11) is 0. The van der Waals surface area contributed by atoms with Gasteiger partial charge in [-0.1, -0.05) is 51.6 Å². The highest BCUT2D eigenvalue weighted by atomic mass is 32.1. The molecular formula is C31H34FN5S. The van der Waals surface area contributed by atoms with Gasteiger partial charge in [-0.3, -0.25) is 4.68 Å². The van der Waals surface area contributed by atoms with Crippen LogP contribution >= 0.6 is 11.3 Å². The zero-order chi connectivity index (χ0) is 27.5. The molecule has 2 N–H and O–H groups in total. The van der Waals surface area contributed by atoms with Gasteiger partial charge in [-0.2, -0.15) is 10.4 Å². The highest BCUT2D eigenvalue weighted by Crippen LogP contribution is 2.37. The van der Waals surface area contributed by atoms with Crippen LogP contribution in [0.2, 0.25) is 0 Å². The summed E-state index contributed by atoms with van der Waals surface area (Å²) in [6.07, 6.45) is 6.99. The van der Waals surface area contributed by atoms with Crippen molar-refractivity contribution >= 4 is 22.0 Å². The first kappa shape index (κ1) is 28.5. The molecule has 0 saturated heterocycles. The van der Waals surface area contributed by atoms with Gasteiger partial charge in [-0.05, 0) is 54.5 Å². The second-order valence-electron chi connectivity index (χ2n) is 9.10. The SMILES string of the molecule is C=C(Cn1cccn1)C(=C)NCC#CCCC(C)Cc1sc(NC(=C)c2ccccc2F)c(C#N)c1CC. The van der Waals surface area contributed by atoms with Crippen molar-refractivity contribution in [2.24, 2.45) is 5.92 Å². The van der Waals surface area contributed by atoms with Gasteiger partial charge in [0.15, 0.2) is 0 Å². The van der Waals surface area contributed by atoms with Crippen LogP contribution in [-0.4, -0.2) is 16.3 Å². The Kier molecular flexibility index (Phi) is 10.5. The fraction of sp³-hybridized carbons (Fsp3) is 0.290. The molecule has 3 rings (SSSR count). The van der Waals surface area contributed by atoms with Gasteiger partial charge in [0.05, 0.1) is 18.7 Å². The third-order valence-corrected chi connectivity index (χ3v) is 7.34. The molecule has 0 amide bonds. The van der Waals surface area contributed by atoms with Crippen molar-refractivity contribution in [3.63, 3.8) is 0 Å². The summed E-state index contributed by atoms with van der Waals surface area (Å²) < 4.78 is 16.0. The maximum Gasteiger partial charge on any atom is 0.132 e. The lowest BCUT2D eigenvalue weighted by molar-refractivity contribution is 0.542. The normalized spacial score (nSPS) is 11.1. The van der Waals surface area contributed by atoms with Gasteiger partial charge in [0, 0.05) is 40.6 Å². The summed E-state index contributed by atoms with van der Waals surface area (Å²) in [5.74, 6) is 6.46. The van der Waals surface area contributed by atoms with Crippen molar-refractivity contribution in [1.82, 2.24) is 15.1 Å². The van der Waals surface area contributed by atoms with Gasteiger partial charge >= 0.3 is 0 Å². The van der Waals surface area contributed by atoms with Gasteiger partial charge < -0.3 is 10.6 Å². The lowest BCUT2D eigenvalue weighted by Crippen LogP contribution is -2.16. The van der Waals surface area contributed by atoms with E-state index in [-0.39, 0.29) is 5.82 Å². The number of halogens is 1. The van der Waals surface area contributed by atoms with E-state index in [2.05, 4.69) is 67.2 Å². The van der Waals surface area contributed by atoms with Crippen LogP contribution in [0.25, 0.3) is 5.70 Å². The first-order chi connectivity index (χ1) is 18.3. The molecule has 0 saturated carbocycles. The molecule has 0 aliphatic rings. The Labute approximate surface area is 229 Å². The molecule has 38 heavy (non-hydrogen) atoms. The molecule has 2 heterocycles. The minimum Gasteiger partial charge on any atom is -0.374 e. The van der Waals surface area contributed by atoms with Gasteiger partial charge in [-0.15, -0.1) is 17.3 Å². The molecule has 0 aliphatic heterocycles. The first-order valence-electron chi connectivity index (χ1n) is 12.6. The Balaban J connectivity index is 1.51. The minimum absolute atomic E-state index is 0.343. The average molecular weight is 528 g/mol. The van der Waals surface area contributed by atoms with Crippen molar-refractivity contribution in [2.75, 3.05) is 11.9 Å². The van der Waals surface area contributed by atoms with E-state index in [1.165, 1.54) is 10.9 Å². The summed E-state index contributed by atoms with van der Waals surface area (Å²) in [6, 6.07) is 10.7. The van der Waals surface area contributed by atoms with E-state index in [1.807, 2.05) is 12.3 Å². The van der Waals surface area contributed by atoms with Crippen molar-refractivity contribution < 1.29 is 4.39 Å². The van der Waals surface area contributed by atoms with Gasteiger partial charge in [0.2, 0.25) is 0 Å². The molecule has 0 fully saturated rings. The summed E-state index contributed by atoms with van der Waals surface area (Å²) >= 11 is 1.56. The molecule has 1 unspecified atom stereocenters. The fourth-order valence-corrected chi connectivity index (χ4v) is 5.45. The van der Waals surface area contributed by atoms with Crippen LogP contribution < -0.4 is 10.6 Å². The molecular weight excluding hydrogens is 493 g/mol. The number of benzene rings is 1. The Morgan fingerprint density at radius 1 is 1.21 bits per heavy atom. The van der Waals surface area contributed by atoms with E-state index in [4.69, 9.17) is 0 Å². The third-order valence-electron chi connectivity index (χ3n) is 6.17. The van der Waals surface area contributed by atoms with E-state index >= 15 is 0 Å². The second kappa shape index (κ2) is 14.0. The maximum atomic E-state index is 14.2. The number of nitrogens with one attached hydrogen (secondary N) is 2. The van der Waals surface area contributed by atoms with Crippen molar-refractivity contribution in [3.8, 4) is 17.9 Å². The molecule has 3 aromatic rings. The highest BCUT2D eigenvalue weighted by Gasteiger charge is 2.19. The summed E-state index contributed by atoms with van der Waals surface area (Å²) in [4.78, 5) is 1.18. The largest absolute Gasteiger partial charge is 0.374 e. The van der Waals surface area contributed by atoms with E-state index in [0.717, 1.165) is 47.5 Å². The number of nitrogens with zero attached hydrogens (tertiary/aromatic N) is 3. The Bertz CT molecular complexity index is 1380. The Morgan fingerprint density at radius 2 is 2.00 bits per heavy atom. The first-order valence-corrected chi connectivity index (χ1v) is 13.4. The zero-order valence-electron chi connectivity index (χ0n) is 22.1. The highest BCUT2D eigenvalue weighted by molar-refractivity contribution is 7.16. The van der Waals surface area contributed by atoms with E-state index in [1.54, 1.807) is 40.4 Å². The van der Waals surface area contributed by atoms with Crippen molar-refractivity contribution in [2.45, 2.75) is 46.1 Å². The van der Waals surface area contributed by atoms with Crippen LogP contribution in [0.4, 0.5) is 9.39 Å². The summed E-state index contributed by atoms with van der Waals surface area (Å²) in [5.41, 5.74) is 4.16. The quantitative estimate of drug-likeness (QED) is 0.187. The van der Waals surface area contributed by atoms with Crippen LogP contribution in [0.1, 0.15) is 48.3 Å². The molecule has 1 aromatic carbocycles. The summed E-state index contributed by atoms with van der Waals surface area (Å²) in [6.45, 7) is 17.5. The number of anilines is 1. The van der Waals surface area contributed by atoms with Crippen molar-refractivity contribution in [3.05, 3.63) is 101 Å². The van der Waals surface area contributed by atoms with Crippen LogP contribution in [-0.2, 0) is 19.4 Å². The number of hydrogen-bond acceptors (Lipinski definition) is 5. The predicted octanol–water partition coefficient (Wildman–Crippen LogP) is 6.92. The van der Waals surface area contributed by atoms with E-state index < -0.39 is 0 Å². The minimum atomic E-state index is -0.343. The molecule has 0 spiro atoms. The topological polar surface area (TPSA) is 65.7 Å².